The normalized spacial score (nSPS) is 12.2. The van der Waals surface area contributed by atoms with Crippen LogP contribution in [0.1, 0.15) is 19.9 Å². The molecule has 0 saturated heterocycles. The Morgan fingerprint density at radius 1 is 1.41 bits per heavy atom. The van der Waals surface area contributed by atoms with Crippen molar-refractivity contribution >= 4 is 21.6 Å². The van der Waals surface area contributed by atoms with Gasteiger partial charge in [0.25, 0.3) is 5.16 Å². The molecule has 92 valence electrons. The summed E-state index contributed by atoms with van der Waals surface area (Å²) in [5, 5.41) is 10.2. The van der Waals surface area contributed by atoms with E-state index < -0.39 is 15.4 Å². The SMILES string of the molecule is CC(C)n1c(-c2ccsc2)nnc1S(=O)(=O)F. The number of rotatable bonds is 3. The molecule has 0 radical (unpaired) electrons. The van der Waals surface area contributed by atoms with Gasteiger partial charge in [0, 0.05) is 17.0 Å². The van der Waals surface area contributed by atoms with Gasteiger partial charge in [-0.1, -0.05) is 3.89 Å². The van der Waals surface area contributed by atoms with Crippen molar-refractivity contribution in [2.75, 3.05) is 0 Å². The first-order valence-electron chi connectivity index (χ1n) is 4.83. The summed E-state index contributed by atoms with van der Waals surface area (Å²) in [6, 6.07) is 1.53. The molecular weight excluding hydrogens is 265 g/mol. The molecule has 2 aromatic heterocycles. The van der Waals surface area contributed by atoms with E-state index in [1.807, 2.05) is 5.38 Å². The molecule has 2 aromatic rings. The maximum absolute atomic E-state index is 13.0. The highest BCUT2D eigenvalue weighted by molar-refractivity contribution is 7.86. The second-order valence-corrected chi connectivity index (χ2v) is 5.74. The number of aromatic nitrogens is 3. The molecule has 2 heterocycles. The van der Waals surface area contributed by atoms with E-state index >= 15 is 0 Å². The van der Waals surface area contributed by atoms with E-state index in [-0.39, 0.29) is 6.04 Å². The van der Waals surface area contributed by atoms with Crippen molar-refractivity contribution in [1.82, 2.24) is 14.8 Å². The van der Waals surface area contributed by atoms with Crippen LogP contribution in [0.5, 0.6) is 0 Å². The molecule has 2 rings (SSSR count). The van der Waals surface area contributed by atoms with Crippen LogP contribution in [0.25, 0.3) is 11.4 Å². The van der Waals surface area contributed by atoms with Crippen LogP contribution in [0.2, 0.25) is 0 Å². The second-order valence-electron chi connectivity index (χ2n) is 3.72. The minimum atomic E-state index is -4.86. The van der Waals surface area contributed by atoms with Gasteiger partial charge in [-0.05, 0) is 25.3 Å². The van der Waals surface area contributed by atoms with Gasteiger partial charge < -0.3 is 0 Å². The Balaban J connectivity index is 2.68. The Labute approximate surface area is 102 Å². The molecule has 0 amide bonds. The molecule has 0 atom stereocenters. The zero-order chi connectivity index (χ0) is 12.6. The van der Waals surface area contributed by atoms with Crippen LogP contribution in [0.4, 0.5) is 3.89 Å². The Morgan fingerprint density at radius 2 is 2.12 bits per heavy atom. The lowest BCUT2D eigenvalue weighted by Crippen LogP contribution is -2.10. The quantitative estimate of drug-likeness (QED) is 0.806. The molecular formula is C9H10FN3O2S2. The fraction of sp³-hybridized carbons (Fsp3) is 0.333. The maximum Gasteiger partial charge on any atom is 0.368 e. The highest BCUT2D eigenvalue weighted by Gasteiger charge is 2.26. The number of hydrogen-bond donors (Lipinski definition) is 0. The van der Waals surface area contributed by atoms with Crippen LogP contribution in [0.15, 0.2) is 22.0 Å². The molecule has 0 aliphatic heterocycles. The van der Waals surface area contributed by atoms with E-state index in [9.17, 15) is 12.3 Å². The van der Waals surface area contributed by atoms with Crippen LogP contribution in [0.3, 0.4) is 0 Å². The lowest BCUT2D eigenvalue weighted by Gasteiger charge is -2.11. The molecule has 0 aliphatic carbocycles. The van der Waals surface area contributed by atoms with E-state index in [4.69, 9.17) is 0 Å². The van der Waals surface area contributed by atoms with Crippen LogP contribution >= 0.6 is 11.3 Å². The van der Waals surface area contributed by atoms with Gasteiger partial charge in [0.15, 0.2) is 5.82 Å². The van der Waals surface area contributed by atoms with Gasteiger partial charge in [0.05, 0.1) is 0 Å². The van der Waals surface area contributed by atoms with Crippen LogP contribution in [-0.4, -0.2) is 23.2 Å². The molecule has 0 aliphatic rings. The van der Waals surface area contributed by atoms with E-state index in [0.717, 1.165) is 5.56 Å². The Bertz CT molecular complexity index is 617. The number of nitrogens with zero attached hydrogens (tertiary/aromatic N) is 3. The van der Waals surface area contributed by atoms with Crippen molar-refractivity contribution in [3.05, 3.63) is 16.8 Å². The summed E-state index contributed by atoms with van der Waals surface area (Å²) < 4.78 is 36.2. The predicted molar refractivity (Wildman–Crippen MR) is 62.0 cm³/mol. The molecule has 0 bridgehead atoms. The summed E-state index contributed by atoms with van der Waals surface area (Å²) in [4.78, 5) is 0. The van der Waals surface area contributed by atoms with E-state index in [1.54, 1.807) is 25.3 Å². The lowest BCUT2D eigenvalue weighted by molar-refractivity contribution is 0.499. The topological polar surface area (TPSA) is 64.8 Å². The molecule has 17 heavy (non-hydrogen) atoms. The van der Waals surface area contributed by atoms with E-state index in [2.05, 4.69) is 10.2 Å². The van der Waals surface area contributed by atoms with Crippen molar-refractivity contribution in [2.24, 2.45) is 0 Å². The summed E-state index contributed by atoms with van der Waals surface area (Å²) >= 11 is 1.45. The van der Waals surface area contributed by atoms with Gasteiger partial charge in [-0.3, -0.25) is 4.57 Å². The largest absolute Gasteiger partial charge is 0.368 e. The van der Waals surface area contributed by atoms with Crippen LogP contribution < -0.4 is 0 Å². The van der Waals surface area contributed by atoms with Crippen molar-refractivity contribution in [3.8, 4) is 11.4 Å². The van der Waals surface area contributed by atoms with Gasteiger partial charge >= 0.3 is 10.2 Å². The first-order chi connectivity index (χ1) is 7.91. The van der Waals surface area contributed by atoms with Gasteiger partial charge in [-0.2, -0.15) is 19.8 Å². The van der Waals surface area contributed by atoms with Gasteiger partial charge in [0.1, 0.15) is 0 Å². The van der Waals surface area contributed by atoms with Gasteiger partial charge in [-0.15, -0.1) is 10.2 Å². The smallest absolute Gasteiger partial charge is 0.293 e. The molecule has 0 saturated carbocycles. The van der Waals surface area contributed by atoms with E-state index in [1.165, 1.54) is 15.9 Å². The molecule has 0 fully saturated rings. The minimum absolute atomic E-state index is 0.250. The van der Waals surface area contributed by atoms with E-state index in [0.29, 0.717) is 5.82 Å². The first kappa shape index (κ1) is 12.2. The van der Waals surface area contributed by atoms with Gasteiger partial charge in [0.2, 0.25) is 0 Å². The number of thiophene rings is 1. The third kappa shape index (κ3) is 2.22. The van der Waals surface area contributed by atoms with Crippen molar-refractivity contribution in [3.63, 3.8) is 0 Å². The summed E-state index contributed by atoms with van der Waals surface area (Å²) in [5.41, 5.74) is 0.728. The third-order valence-corrected chi connectivity index (χ3v) is 3.58. The van der Waals surface area contributed by atoms with Crippen molar-refractivity contribution < 1.29 is 12.3 Å². The Kier molecular flexibility index (Phi) is 3.00. The fourth-order valence-corrected chi connectivity index (χ4v) is 2.80. The second kappa shape index (κ2) is 4.19. The van der Waals surface area contributed by atoms with Crippen LogP contribution in [-0.2, 0) is 10.2 Å². The predicted octanol–water partition coefficient (Wildman–Crippen LogP) is 2.25. The van der Waals surface area contributed by atoms with Crippen molar-refractivity contribution in [2.45, 2.75) is 25.0 Å². The molecule has 0 aromatic carbocycles. The standard InChI is InChI=1S/C9H10FN3O2S2/c1-6(2)13-8(7-3-4-16-5-7)11-12-9(13)17(10,14)15/h3-6H,1-2H3. The molecule has 0 spiro atoms. The Morgan fingerprint density at radius 3 is 2.59 bits per heavy atom. The van der Waals surface area contributed by atoms with Gasteiger partial charge in [-0.25, -0.2) is 0 Å². The summed E-state index contributed by atoms with van der Waals surface area (Å²) in [6.07, 6.45) is 0. The zero-order valence-corrected chi connectivity index (χ0v) is 10.8. The van der Waals surface area contributed by atoms with Crippen LogP contribution in [0, 0.1) is 0 Å². The third-order valence-electron chi connectivity index (χ3n) is 2.18. The number of halogens is 1. The highest BCUT2D eigenvalue weighted by Crippen LogP contribution is 2.26. The maximum atomic E-state index is 13.0. The minimum Gasteiger partial charge on any atom is -0.293 e. The molecule has 5 nitrogen and oxygen atoms in total. The average molecular weight is 275 g/mol. The zero-order valence-electron chi connectivity index (χ0n) is 9.16. The monoisotopic (exact) mass is 275 g/mol. The number of hydrogen-bond acceptors (Lipinski definition) is 5. The Hall–Kier alpha value is -1.28. The molecule has 0 N–H and O–H groups in total. The highest BCUT2D eigenvalue weighted by atomic mass is 32.3. The summed E-state index contributed by atoms with van der Waals surface area (Å²) in [6.45, 7) is 3.49. The van der Waals surface area contributed by atoms with Crippen molar-refractivity contribution in [1.29, 1.82) is 0 Å². The average Bonchev–Trinajstić information content (AvgIpc) is 2.84. The summed E-state index contributed by atoms with van der Waals surface area (Å²) in [7, 11) is -4.86. The fourth-order valence-electron chi connectivity index (χ4n) is 1.50. The lowest BCUT2D eigenvalue weighted by atomic mass is 10.3. The summed E-state index contributed by atoms with van der Waals surface area (Å²) in [5.74, 6) is 0.359. The first-order valence-corrected chi connectivity index (χ1v) is 7.16. The molecule has 8 heteroatoms. The molecule has 0 unspecified atom stereocenters.